The second-order valence-corrected chi connectivity index (χ2v) is 4.23. The van der Waals surface area contributed by atoms with E-state index in [1.807, 2.05) is 6.92 Å². The standard InChI is InChI=1S/C14H19FO2/c1-4-11(6-5-10(2)16)13-9-12(15)7-8-14(13)17-3/h7-9,11H,4-6H2,1-3H3. The minimum absolute atomic E-state index is 0.166. The van der Waals surface area contributed by atoms with Crippen LogP contribution in [0.5, 0.6) is 5.75 Å². The summed E-state index contributed by atoms with van der Waals surface area (Å²) in [5.41, 5.74) is 0.858. The highest BCUT2D eigenvalue weighted by Crippen LogP contribution is 2.32. The molecule has 0 aliphatic rings. The lowest BCUT2D eigenvalue weighted by molar-refractivity contribution is -0.117. The number of ether oxygens (including phenoxy) is 1. The Balaban J connectivity index is 2.93. The molecule has 1 aromatic carbocycles. The molecule has 2 nitrogen and oxygen atoms in total. The van der Waals surface area contributed by atoms with Gasteiger partial charge in [0.2, 0.25) is 0 Å². The van der Waals surface area contributed by atoms with Crippen LogP contribution in [-0.2, 0) is 4.79 Å². The number of hydrogen-bond donors (Lipinski definition) is 0. The van der Waals surface area contributed by atoms with Gasteiger partial charge in [0, 0.05) is 12.0 Å². The number of carbonyl (C=O) groups excluding carboxylic acids is 1. The number of ketones is 1. The van der Waals surface area contributed by atoms with Crippen molar-refractivity contribution in [3.05, 3.63) is 29.6 Å². The van der Waals surface area contributed by atoms with Crippen molar-refractivity contribution in [2.75, 3.05) is 7.11 Å². The van der Waals surface area contributed by atoms with Crippen molar-refractivity contribution in [2.24, 2.45) is 0 Å². The summed E-state index contributed by atoms with van der Waals surface area (Å²) in [5, 5.41) is 0. The SMILES string of the molecule is CCC(CCC(C)=O)c1cc(F)ccc1OC. The molecule has 0 N–H and O–H groups in total. The smallest absolute Gasteiger partial charge is 0.129 e. The molecule has 1 rings (SSSR count). The van der Waals surface area contributed by atoms with E-state index in [9.17, 15) is 9.18 Å². The van der Waals surface area contributed by atoms with Crippen LogP contribution in [0.25, 0.3) is 0 Å². The maximum atomic E-state index is 13.3. The van der Waals surface area contributed by atoms with Gasteiger partial charge in [-0.25, -0.2) is 4.39 Å². The van der Waals surface area contributed by atoms with Crippen LogP contribution >= 0.6 is 0 Å². The molecule has 0 heterocycles. The Morgan fingerprint density at radius 2 is 2.18 bits per heavy atom. The van der Waals surface area contributed by atoms with Crippen LogP contribution in [0, 0.1) is 5.82 Å². The maximum Gasteiger partial charge on any atom is 0.129 e. The molecular weight excluding hydrogens is 219 g/mol. The monoisotopic (exact) mass is 238 g/mol. The van der Waals surface area contributed by atoms with E-state index in [4.69, 9.17) is 4.74 Å². The molecule has 1 unspecified atom stereocenters. The molecule has 17 heavy (non-hydrogen) atoms. The van der Waals surface area contributed by atoms with Gasteiger partial charge in [-0.15, -0.1) is 0 Å². The second-order valence-electron chi connectivity index (χ2n) is 4.23. The van der Waals surface area contributed by atoms with Gasteiger partial charge in [-0.3, -0.25) is 0 Å². The summed E-state index contributed by atoms with van der Waals surface area (Å²) < 4.78 is 18.5. The molecule has 0 aliphatic carbocycles. The average Bonchev–Trinajstić information content (AvgIpc) is 2.30. The third kappa shape index (κ3) is 3.84. The summed E-state index contributed by atoms with van der Waals surface area (Å²) in [6.07, 6.45) is 2.14. The lowest BCUT2D eigenvalue weighted by atomic mass is 9.90. The number of halogens is 1. The number of rotatable bonds is 6. The molecule has 0 spiro atoms. The van der Waals surface area contributed by atoms with Gasteiger partial charge in [0.05, 0.1) is 7.11 Å². The number of Topliss-reactive ketones (excluding diaryl/α,β-unsaturated/α-hetero) is 1. The molecule has 0 saturated carbocycles. The fraction of sp³-hybridized carbons (Fsp3) is 0.500. The van der Waals surface area contributed by atoms with Crippen molar-refractivity contribution in [3.63, 3.8) is 0 Å². The van der Waals surface area contributed by atoms with Gasteiger partial charge >= 0.3 is 0 Å². The summed E-state index contributed by atoms with van der Waals surface area (Å²) in [5.74, 6) is 0.771. The quantitative estimate of drug-likeness (QED) is 0.755. The van der Waals surface area contributed by atoms with Crippen LogP contribution in [-0.4, -0.2) is 12.9 Å². The largest absolute Gasteiger partial charge is 0.496 e. The number of methoxy groups -OCH3 is 1. The first-order valence-electron chi connectivity index (χ1n) is 5.91. The van der Waals surface area contributed by atoms with E-state index in [-0.39, 0.29) is 17.5 Å². The highest BCUT2D eigenvalue weighted by Gasteiger charge is 2.15. The van der Waals surface area contributed by atoms with Crippen LogP contribution in [0.3, 0.4) is 0 Å². The highest BCUT2D eigenvalue weighted by molar-refractivity contribution is 5.75. The van der Waals surface area contributed by atoms with Gasteiger partial charge in [0.1, 0.15) is 17.3 Å². The molecule has 1 atom stereocenters. The summed E-state index contributed by atoms with van der Waals surface area (Å²) in [6, 6.07) is 4.54. The normalized spacial score (nSPS) is 12.2. The minimum Gasteiger partial charge on any atom is -0.496 e. The third-order valence-corrected chi connectivity index (χ3v) is 2.97. The van der Waals surface area contributed by atoms with Crippen molar-refractivity contribution >= 4 is 5.78 Å². The zero-order valence-electron chi connectivity index (χ0n) is 10.6. The Hall–Kier alpha value is -1.38. The third-order valence-electron chi connectivity index (χ3n) is 2.97. The molecule has 0 aliphatic heterocycles. The van der Waals surface area contributed by atoms with Crippen molar-refractivity contribution in [3.8, 4) is 5.75 Å². The number of hydrogen-bond acceptors (Lipinski definition) is 2. The topological polar surface area (TPSA) is 26.3 Å². The van der Waals surface area contributed by atoms with Crippen LogP contribution in [0.15, 0.2) is 18.2 Å². The van der Waals surface area contributed by atoms with Gasteiger partial charge in [-0.1, -0.05) is 6.92 Å². The average molecular weight is 238 g/mol. The van der Waals surface area contributed by atoms with Crippen molar-refractivity contribution < 1.29 is 13.9 Å². The molecule has 0 aromatic heterocycles. The first-order chi connectivity index (χ1) is 8.08. The predicted octanol–water partition coefficient (Wildman–Crippen LogP) is 3.70. The Morgan fingerprint density at radius 1 is 1.47 bits per heavy atom. The first-order valence-corrected chi connectivity index (χ1v) is 5.91. The number of carbonyl (C=O) groups is 1. The van der Waals surface area contributed by atoms with Crippen LogP contribution in [0.4, 0.5) is 4.39 Å². The molecule has 0 amide bonds. The molecule has 1 aromatic rings. The Morgan fingerprint density at radius 3 is 2.71 bits per heavy atom. The summed E-state index contributed by atoms with van der Waals surface area (Å²) in [6.45, 7) is 3.62. The molecule has 3 heteroatoms. The Kier molecular flexibility index (Phi) is 5.13. The van der Waals surface area contributed by atoms with Crippen LogP contribution in [0.2, 0.25) is 0 Å². The lowest BCUT2D eigenvalue weighted by Gasteiger charge is -2.17. The van der Waals surface area contributed by atoms with Gasteiger partial charge in [0.25, 0.3) is 0 Å². The molecule has 0 radical (unpaired) electrons. The van der Waals surface area contributed by atoms with Gasteiger partial charge in [-0.2, -0.15) is 0 Å². The zero-order valence-corrected chi connectivity index (χ0v) is 10.6. The van der Waals surface area contributed by atoms with Crippen molar-refractivity contribution in [2.45, 2.75) is 39.0 Å². The molecular formula is C14H19FO2. The van der Waals surface area contributed by atoms with Gasteiger partial charge in [-0.05, 0) is 43.9 Å². The zero-order chi connectivity index (χ0) is 12.8. The van der Waals surface area contributed by atoms with Crippen LogP contribution in [0.1, 0.15) is 44.6 Å². The Bertz CT molecular complexity index is 388. The van der Waals surface area contributed by atoms with E-state index in [1.165, 1.54) is 12.1 Å². The molecule has 0 fully saturated rings. The Labute approximate surface area is 102 Å². The van der Waals surface area contributed by atoms with E-state index >= 15 is 0 Å². The van der Waals surface area contributed by atoms with Crippen LogP contribution < -0.4 is 4.74 Å². The minimum atomic E-state index is -0.262. The first kappa shape index (κ1) is 13.7. The van der Waals surface area contributed by atoms with E-state index in [0.29, 0.717) is 12.2 Å². The maximum absolute atomic E-state index is 13.3. The van der Waals surface area contributed by atoms with E-state index < -0.39 is 0 Å². The van der Waals surface area contributed by atoms with E-state index in [1.54, 1.807) is 20.1 Å². The van der Waals surface area contributed by atoms with Crippen molar-refractivity contribution in [1.29, 1.82) is 0 Å². The highest BCUT2D eigenvalue weighted by atomic mass is 19.1. The van der Waals surface area contributed by atoms with E-state index in [2.05, 4.69) is 0 Å². The van der Waals surface area contributed by atoms with Gasteiger partial charge < -0.3 is 9.53 Å². The van der Waals surface area contributed by atoms with Gasteiger partial charge in [0.15, 0.2) is 0 Å². The second kappa shape index (κ2) is 6.38. The van der Waals surface area contributed by atoms with E-state index in [0.717, 1.165) is 18.4 Å². The fourth-order valence-corrected chi connectivity index (χ4v) is 1.98. The lowest BCUT2D eigenvalue weighted by Crippen LogP contribution is -2.03. The molecule has 0 bridgehead atoms. The summed E-state index contributed by atoms with van der Waals surface area (Å²) in [7, 11) is 1.58. The fourth-order valence-electron chi connectivity index (χ4n) is 1.98. The predicted molar refractivity (Wildman–Crippen MR) is 65.9 cm³/mol. The summed E-state index contributed by atoms with van der Waals surface area (Å²) >= 11 is 0. The number of benzene rings is 1. The molecule has 0 saturated heterocycles. The molecule has 94 valence electrons. The van der Waals surface area contributed by atoms with Crippen molar-refractivity contribution in [1.82, 2.24) is 0 Å². The summed E-state index contributed by atoms with van der Waals surface area (Å²) in [4.78, 5) is 11.0.